The molecule has 3 N–H and O–H groups in total. The average molecular weight is 471 g/mol. The first kappa shape index (κ1) is 22.2. The number of nitrogens with one attached hydrogen (secondary N) is 1. The van der Waals surface area contributed by atoms with E-state index < -0.39 is 0 Å². The predicted molar refractivity (Wildman–Crippen MR) is 141 cm³/mol. The molecule has 0 amide bonds. The van der Waals surface area contributed by atoms with Gasteiger partial charge in [-0.1, -0.05) is 12.8 Å². The fraction of sp³-hybridized carbons (Fsp3) is 0.481. The molecule has 3 atom stereocenters. The molecule has 1 aliphatic carbocycles. The molecule has 3 unspecified atom stereocenters. The number of anilines is 3. The molecule has 0 bridgehead atoms. The van der Waals surface area contributed by atoms with Crippen molar-refractivity contribution in [3.63, 3.8) is 0 Å². The topological polar surface area (TPSA) is 97.8 Å². The highest BCUT2D eigenvalue weighted by Gasteiger charge is 2.31. The van der Waals surface area contributed by atoms with Gasteiger partial charge >= 0.3 is 0 Å². The summed E-state index contributed by atoms with van der Waals surface area (Å²) in [6, 6.07) is 7.87. The second-order valence-corrected chi connectivity index (χ2v) is 10.4. The van der Waals surface area contributed by atoms with E-state index >= 15 is 0 Å². The summed E-state index contributed by atoms with van der Waals surface area (Å²) in [5, 5.41) is 5.57. The Hall–Kier alpha value is -3.26. The summed E-state index contributed by atoms with van der Waals surface area (Å²) in [5.41, 5.74) is 9.37. The largest absolute Gasteiger partial charge is 0.365 e. The molecular weight excluding hydrogens is 436 g/mol. The molecule has 0 aromatic carbocycles. The van der Waals surface area contributed by atoms with Gasteiger partial charge in [0.05, 0.1) is 23.6 Å². The van der Waals surface area contributed by atoms with Gasteiger partial charge < -0.3 is 20.5 Å². The van der Waals surface area contributed by atoms with Crippen molar-refractivity contribution < 1.29 is 0 Å². The number of hydrogen-bond acceptors (Lipinski definition) is 7. The van der Waals surface area contributed by atoms with Crippen LogP contribution in [0.3, 0.4) is 0 Å². The number of nitrogens with two attached hydrogens (primary N) is 1. The van der Waals surface area contributed by atoms with Crippen LogP contribution >= 0.6 is 0 Å². The predicted octanol–water partition coefficient (Wildman–Crippen LogP) is 5.33. The fourth-order valence-corrected chi connectivity index (χ4v) is 6.18. The van der Waals surface area contributed by atoms with Gasteiger partial charge in [-0.15, -0.1) is 0 Å². The maximum absolute atomic E-state index is 6.11. The van der Waals surface area contributed by atoms with Crippen LogP contribution in [-0.4, -0.2) is 42.6 Å². The molecule has 35 heavy (non-hydrogen) atoms. The van der Waals surface area contributed by atoms with E-state index in [1.54, 1.807) is 0 Å². The van der Waals surface area contributed by atoms with Gasteiger partial charge in [0.1, 0.15) is 11.5 Å². The van der Waals surface area contributed by atoms with Crippen LogP contribution in [0.4, 0.5) is 17.5 Å². The Balaban J connectivity index is 1.29. The van der Waals surface area contributed by atoms with Crippen molar-refractivity contribution in [2.45, 2.75) is 83.0 Å². The summed E-state index contributed by atoms with van der Waals surface area (Å²) >= 11 is 0. The van der Waals surface area contributed by atoms with Gasteiger partial charge in [-0.2, -0.15) is 4.98 Å². The molecule has 8 nitrogen and oxygen atoms in total. The Kier molecular flexibility index (Phi) is 5.76. The minimum Gasteiger partial charge on any atom is -0.365 e. The van der Waals surface area contributed by atoms with Gasteiger partial charge in [0.25, 0.3) is 0 Å². The van der Waals surface area contributed by atoms with Crippen molar-refractivity contribution in [1.29, 1.82) is 0 Å². The van der Waals surface area contributed by atoms with E-state index in [0.29, 0.717) is 24.1 Å². The van der Waals surface area contributed by atoms with Crippen LogP contribution in [0.5, 0.6) is 0 Å². The van der Waals surface area contributed by atoms with E-state index in [4.69, 9.17) is 15.7 Å². The van der Waals surface area contributed by atoms with Crippen LogP contribution in [0.15, 0.2) is 43.0 Å². The maximum atomic E-state index is 6.11. The SMILES string of the molecule is CC(N)CC1CCC(C)N1c1ccc(Nc2ncc3c4ccncc4n(C4CCCC4)c3n2)nc1. The summed E-state index contributed by atoms with van der Waals surface area (Å²) in [7, 11) is 0. The smallest absolute Gasteiger partial charge is 0.230 e. The van der Waals surface area contributed by atoms with Gasteiger partial charge in [0.15, 0.2) is 0 Å². The summed E-state index contributed by atoms with van der Waals surface area (Å²) in [6.45, 7) is 4.38. The summed E-state index contributed by atoms with van der Waals surface area (Å²) in [4.78, 5) is 21.2. The fourth-order valence-electron chi connectivity index (χ4n) is 6.18. The second-order valence-electron chi connectivity index (χ2n) is 10.4. The van der Waals surface area contributed by atoms with Gasteiger partial charge in [0.2, 0.25) is 5.95 Å². The van der Waals surface area contributed by atoms with E-state index in [1.807, 2.05) is 30.9 Å². The second kappa shape index (κ2) is 9.07. The third kappa shape index (κ3) is 4.10. The number of nitrogens with zero attached hydrogens (tertiary/aromatic N) is 6. The highest BCUT2D eigenvalue weighted by atomic mass is 15.2. The summed E-state index contributed by atoms with van der Waals surface area (Å²) in [6.07, 6.45) is 16.0. The van der Waals surface area contributed by atoms with E-state index in [2.05, 4.69) is 50.7 Å². The van der Waals surface area contributed by atoms with Gasteiger partial charge in [0, 0.05) is 47.3 Å². The first-order valence-corrected chi connectivity index (χ1v) is 13.0. The third-order valence-electron chi connectivity index (χ3n) is 7.75. The Morgan fingerprint density at radius 2 is 1.89 bits per heavy atom. The summed E-state index contributed by atoms with van der Waals surface area (Å²) < 4.78 is 2.38. The number of aromatic nitrogens is 5. The van der Waals surface area contributed by atoms with Gasteiger partial charge in [-0.05, 0) is 64.2 Å². The van der Waals surface area contributed by atoms with Crippen molar-refractivity contribution in [3.8, 4) is 0 Å². The quantitative estimate of drug-likeness (QED) is 0.393. The zero-order valence-electron chi connectivity index (χ0n) is 20.6. The molecule has 0 radical (unpaired) electrons. The van der Waals surface area contributed by atoms with Crippen LogP contribution in [0.1, 0.15) is 64.8 Å². The Labute approximate surface area is 206 Å². The Morgan fingerprint density at radius 1 is 1.03 bits per heavy atom. The van der Waals surface area contributed by atoms with Crippen molar-refractivity contribution in [2.75, 3.05) is 10.2 Å². The van der Waals surface area contributed by atoms with Crippen LogP contribution in [0.2, 0.25) is 0 Å². The van der Waals surface area contributed by atoms with Gasteiger partial charge in [-0.3, -0.25) is 4.98 Å². The van der Waals surface area contributed by atoms with Crippen molar-refractivity contribution >= 4 is 39.4 Å². The molecule has 2 fully saturated rings. The molecule has 1 saturated carbocycles. The van der Waals surface area contributed by atoms with Crippen LogP contribution in [-0.2, 0) is 0 Å². The molecular formula is C27H34N8. The Morgan fingerprint density at radius 3 is 2.66 bits per heavy atom. The lowest BCUT2D eigenvalue weighted by Crippen LogP contribution is -2.38. The molecule has 1 aliphatic heterocycles. The lowest BCUT2D eigenvalue weighted by Gasteiger charge is -2.31. The molecule has 0 spiro atoms. The van der Waals surface area contributed by atoms with Crippen LogP contribution < -0.4 is 16.0 Å². The molecule has 182 valence electrons. The first-order valence-electron chi connectivity index (χ1n) is 13.0. The average Bonchev–Trinajstić information content (AvgIpc) is 3.57. The minimum atomic E-state index is 0.198. The Bertz CT molecular complexity index is 1320. The highest BCUT2D eigenvalue weighted by molar-refractivity contribution is 6.06. The molecule has 1 saturated heterocycles. The molecule has 2 aliphatic rings. The lowest BCUT2D eigenvalue weighted by atomic mass is 10.1. The molecule has 4 aromatic heterocycles. The monoisotopic (exact) mass is 470 g/mol. The highest BCUT2D eigenvalue weighted by Crippen LogP contribution is 2.38. The number of hydrogen-bond donors (Lipinski definition) is 2. The van der Waals surface area contributed by atoms with E-state index in [-0.39, 0.29) is 6.04 Å². The molecule has 6 rings (SSSR count). The van der Waals surface area contributed by atoms with Crippen molar-refractivity contribution in [1.82, 2.24) is 24.5 Å². The minimum absolute atomic E-state index is 0.198. The standard InChI is InChI=1S/C27H34N8/c1-17(28)13-20-8-7-18(2)34(20)21-9-10-25(30-14-21)32-27-31-15-23-22-11-12-29-16-24(22)35(26(23)33-27)19-5-3-4-6-19/h9-12,14-20H,3-8,13,28H2,1-2H3,(H,30,31,32,33). The lowest BCUT2D eigenvalue weighted by molar-refractivity contribution is 0.537. The van der Waals surface area contributed by atoms with Gasteiger partial charge in [-0.25, -0.2) is 9.97 Å². The first-order chi connectivity index (χ1) is 17.1. The normalized spacial score (nSPS) is 21.9. The zero-order chi connectivity index (χ0) is 23.9. The van der Waals surface area contributed by atoms with E-state index in [1.165, 1.54) is 38.5 Å². The molecule has 5 heterocycles. The zero-order valence-corrected chi connectivity index (χ0v) is 20.6. The number of rotatable bonds is 6. The molecule has 8 heteroatoms. The van der Waals surface area contributed by atoms with Crippen molar-refractivity contribution in [2.24, 2.45) is 5.73 Å². The van der Waals surface area contributed by atoms with E-state index in [9.17, 15) is 0 Å². The van der Waals surface area contributed by atoms with Crippen LogP contribution in [0.25, 0.3) is 21.9 Å². The molecule has 4 aromatic rings. The van der Waals surface area contributed by atoms with Crippen LogP contribution in [0, 0.1) is 0 Å². The number of pyridine rings is 2. The van der Waals surface area contributed by atoms with E-state index in [0.717, 1.165) is 39.9 Å². The number of fused-ring (bicyclic) bond motifs is 3. The summed E-state index contributed by atoms with van der Waals surface area (Å²) in [5.74, 6) is 1.31. The van der Waals surface area contributed by atoms with Crippen molar-refractivity contribution in [3.05, 3.63) is 43.0 Å². The maximum Gasteiger partial charge on any atom is 0.230 e. The third-order valence-corrected chi connectivity index (χ3v) is 7.75.